The van der Waals surface area contributed by atoms with Gasteiger partial charge >= 0.3 is 0 Å². The summed E-state index contributed by atoms with van der Waals surface area (Å²) in [4.78, 5) is 29.0. The van der Waals surface area contributed by atoms with E-state index in [9.17, 15) is 18.0 Å². The van der Waals surface area contributed by atoms with Crippen molar-refractivity contribution in [3.05, 3.63) is 129 Å². The van der Waals surface area contributed by atoms with E-state index in [0.29, 0.717) is 10.6 Å². The number of halogens is 3. The third-order valence-electron chi connectivity index (χ3n) is 6.88. The number of carbonyl (C=O) groups excluding carboxylic acids is 2. The Morgan fingerprint density at radius 1 is 0.837 bits per heavy atom. The molecule has 224 valence electrons. The number of anilines is 1. The van der Waals surface area contributed by atoms with Gasteiger partial charge in [-0.3, -0.25) is 13.9 Å². The predicted molar refractivity (Wildman–Crippen MR) is 172 cm³/mol. The van der Waals surface area contributed by atoms with Crippen LogP contribution < -0.4 is 9.62 Å². The van der Waals surface area contributed by atoms with E-state index in [1.807, 2.05) is 37.3 Å². The molecule has 0 fully saturated rings. The number of nitrogens with zero attached hydrogens (tertiary/aromatic N) is 2. The lowest BCUT2D eigenvalue weighted by molar-refractivity contribution is -0.139. The second-order valence-corrected chi connectivity index (χ2v) is 13.0. The molecule has 1 atom stereocenters. The van der Waals surface area contributed by atoms with E-state index in [-0.39, 0.29) is 33.6 Å². The van der Waals surface area contributed by atoms with Crippen molar-refractivity contribution in [2.75, 3.05) is 17.9 Å². The highest BCUT2D eigenvalue weighted by Crippen LogP contribution is 2.33. The molecule has 0 saturated heterocycles. The van der Waals surface area contributed by atoms with E-state index in [4.69, 9.17) is 34.8 Å². The molecular weight excluding hydrogens is 629 g/mol. The molecule has 0 saturated carbocycles. The van der Waals surface area contributed by atoms with Gasteiger partial charge in [0.15, 0.2) is 0 Å². The molecule has 0 aliphatic heterocycles. The van der Waals surface area contributed by atoms with Crippen LogP contribution in [-0.2, 0) is 32.6 Å². The summed E-state index contributed by atoms with van der Waals surface area (Å²) in [5.74, 6) is -1.06. The fraction of sp³-hybridized carbons (Fsp3) is 0.188. The van der Waals surface area contributed by atoms with Gasteiger partial charge in [0.2, 0.25) is 11.8 Å². The molecule has 43 heavy (non-hydrogen) atoms. The van der Waals surface area contributed by atoms with Gasteiger partial charge in [0, 0.05) is 30.1 Å². The zero-order valence-electron chi connectivity index (χ0n) is 23.5. The number of aryl methyl sites for hydroxylation is 1. The standard InChI is InChI=1S/C32H30Cl3N3O4S/c1-22-12-15-26(16-13-22)43(41,42)38(29-19-25(33)14-17-28(29)35)21-31(39)37(20-24-10-6-7-11-27(24)34)30(32(40)36-2)18-23-8-4-3-5-9-23/h3-17,19,30H,18,20-21H2,1-2H3,(H,36,40)/t30-/m0/s1. The van der Waals surface area contributed by atoms with Gasteiger partial charge in [-0.15, -0.1) is 0 Å². The number of rotatable bonds is 11. The number of hydrogen-bond acceptors (Lipinski definition) is 4. The Balaban J connectivity index is 1.83. The van der Waals surface area contributed by atoms with Crippen LogP contribution in [0.25, 0.3) is 0 Å². The zero-order valence-corrected chi connectivity index (χ0v) is 26.6. The van der Waals surface area contributed by atoms with Gasteiger partial charge < -0.3 is 10.2 Å². The van der Waals surface area contributed by atoms with Gasteiger partial charge in [-0.1, -0.05) is 101 Å². The van der Waals surface area contributed by atoms with E-state index in [1.54, 1.807) is 36.4 Å². The Morgan fingerprint density at radius 3 is 2.14 bits per heavy atom. The molecule has 4 rings (SSSR count). The van der Waals surface area contributed by atoms with Crippen molar-refractivity contribution in [3.63, 3.8) is 0 Å². The Morgan fingerprint density at radius 2 is 1.49 bits per heavy atom. The summed E-state index contributed by atoms with van der Waals surface area (Å²) in [6, 6.07) is 25.9. The van der Waals surface area contributed by atoms with Crippen molar-refractivity contribution in [2.45, 2.75) is 30.8 Å². The van der Waals surface area contributed by atoms with Crippen LogP contribution in [0, 0.1) is 6.92 Å². The van der Waals surface area contributed by atoms with Crippen LogP contribution in [0.15, 0.2) is 102 Å². The number of likely N-dealkylation sites (N-methyl/N-ethyl adjacent to an activating group) is 1. The summed E-state index contributed by atoms with van der Waals surface area (Å²) in [7, 11) is -2.83. The summed E-state index contributed by atoms with van der Waals surface area (Å²) in [6.45, 7) is 1.12. The molecule has 0 spiro atoms. The first kappa shape index (κ1) is 32.4. The third-order valence-corrected chi connectivity index (χ3v) is 9.58. The molecule has 1 N–H and O–H groups in total. The van der Waals surface area contributed by atoms with E-state index in [2.05, 4.69) is 5.32 Å². The Hall–Kier alpha value is -3.56. The van der Waals surface area contributed by atoms with Gasteiger partial charge in [0.05, 0.1) is 15.6 Å². The maximum atomic E-state index is 14.3. The van der Waals surface area contributed by atoms with Gasteiger partial charge in [-0.25, -0.2) is 8.42 Å². The largest absolute Gasteiger partial charge is 0.357 e. The second-order valence-electron chi connectivity index (χ2n) is 9.85. The molecule has 0 unspecified atom stereocenters. The molecule has 0 aliphatic carbocycles. The first-order valence-electron chi connectivity index (χ1n) is 13.3. The normalized spacial score (nSPS) is 11.9. The van der Waals surface area contributed by atoms with E-state index < -0.39 is 34.4 Å². The fourth-order valence-electron chi connectivity index (χ4n) is 4.56. The topological polar surface area (TPSA) is 86.8 Å². The van der Waals surface area contributed by atoms with Crippen molar-refractivity contribution in [1.29, 1.82) is 0 Å². The minimum Gasteiger partial charge on any atom is -0.357 e. The lowest BCUT2D eigenvalue weighted by Crippen LogP contribution is -2.53. The smallest absolute Gasteiger partial charge is 0.264 e. The number of sulfonamides is 1. The molecule has 11 heteroatoms. The first-order valence-corrected chi connectivity index (χ1v) is 15.9. The minimum atomic E-state index is -4.31. The third kappa shape index (κ3) is 7.89. The molecule has 0 aliphatic rings. The van der Waals surface area contributed by atoms with Crippen molar-refractivity contribution < 1.29 is 18.0 Å². The quantitative estimate of drug-likeness (QED) is 0.198. The maximum absolute atomic E-state index is 14.3. The van der Waals surface area contributed by atoms with Crippen LogP contribution in [0.3, 0.4) is 0 Å². The van der Waals surface area contributed by atoms with Crippen molar-refractivity contribution in [3.8, 4) is 0 Å². The van der Waals surface area contributed by atoms with Gasteiger partial charge in [0.1, 0.15) is 12.6 Å². The molecule has 4 aromatic carbocycles. The number of carbonyl (C=O) groups is 2. The highest BCUT2D eigenvalue weighted by molar-refractivity contribution is 7.92. The summed E-state index contributed by atoms with van der Waals surface area (Å²) >= 11 is 19.2. The highest BCUT2D eigenvalue weighted by atomic mass is 35.5. The Bertz CT molecular complexity index is 1700. The summed E-state index contributed by atoms with van der Waals surface area (Å²) in [6.07, 6.45) is 0.180. The predicted octanol–water partition coefficient (Wildman–Crippen LogP) is 6.54. The van der Waals surface area contributed by atoms with E-state index in [0.717, 1.165) is 15.4 Å². The molecule has 0 bridgehead atoms. The lowest BCUT2D eigenvalue weighted by Gasteiger charge is -2.34. The molecule has 2 amide bonds. The van der Waals surface area contributed by atoms with Crippen molar-refractivity contribution in [2.24, 2.45) is 0 Å². The van der Waals surface area contributed by atoms with Gasteiger partial charge in [0.25, 0.3) is 10.0 Å². The van der Waals surface area contributed by atoms with Gasteiger partial charge in [-0.2, -0.15) is 0 Å². The molecule has 7 nitrogen and oxygen atoms in total. The average molecular weight is 659 g/mol. The zero-order chi connectivity index (χ0) is 31.1. The van der Waals surface area contributed by atoms with Crippen LogP contribution in [0.4, 0.5) is 5.69 Å². The van der Waals surface area contributed by atoms with Crippen molar-refractivity contribution >= 4 is 62.3 Å². The monoisotopic (exact) mass is 657 g/mol. The van der Waals surface area contributed by atoms with Crippen LogP contribution in [0.2, 0.25) is 15.1 Å². The van der Waals surface area contributed by atoms with Crippen LogP contribution in [0.1, 0.15) is 16.7 Å². The molecule has 0 radical (unpaired) electrons. The van der Waals surface area contributed by atoms with Gasteiger partial charge in [-0.05, 0) is 54.4 Å². The Labute approximate surface area is 267 Å². The molecule has 4 aromatic rings. The number of nitrogens with one attached hydrogen (secondary N) is 1. The van der Waals surface area contributed by atoms with Crippen LogP contribution in [0.5, 0.6) is 0 Å². The number of benzene rings is 4. The van der Waals surface area contributed by atoms with E-state index >= 15 is 0 Å². The van der Waals surface area contributed by atoms with E-state index in [1.165, 1.54) is 42.3 Å². The summed E-state index contributed by atoms with van der Waals surface area (Å²) < 4.78 is 29.1. The SMILES string of the molecule is CNC(=O)[C@H](Cc1ccccc1)N(Cc1ccccc1Cl)C(=O)CN(c1cc(Cl)ccc1Cl)S(=O)(=O)c1ccc(C)cc1. The minimum absolute atomic E-state index is 0.0281. The van der Waals surface area contributed by atoms with Crippen LogP contribution in [-0.4, -0.2) is 44.8 Å². The van der Waals surface area contributed by atoms with Crippen LogP contribution >= 0.6 is 34.8 Å². The molecule has 0 aromatic heterocycles. The summed E-state index contributed by atoms with van der Waals surface area (Å²) in [5, 5.41) is 3.36. The summed E-state index contributed by atoms with van der Waals surface area (Å²) in [5.41, 5.74) is 2.30. The molecular formula is C32H30Cl3N3O4S. The van der Waals surface area contributed by atoms with Crippen molar-refractivity contribution in [1.82, 2.24) is 10.2 Å². The molecule has 0 heterocycles. The first-order chi connectivity index (χ1) is 20.5. The lowest BCUT2D eigenvalue weighted by atomic mass is 10.0. The second kappa shape index (κ2) is 14.3. The fourth-order valence-corrected chi connectivity index (χ4v) is 6.61. The number of hydrogen-bond donors (Lipinski definition) is 1. The maximum Gasteiger partial charge on any atom is 0.264 e. The number of amides is 2. The highest BCUT2D eigenvalue weighted by Gasteiger charge is 2.35. The average Bonchev–Trinajstić information content (AvgIpc) is 3.00. The Kier molecular flexibility index (Phi) is 10.7.